The maximum Gasteiger partial charge on any atom is 0.193 e. The van der Waals surface area contributed by atoms with Gasteiger partial charge >= 0.3 is 0 Å². The standard InChI is InChI=1S/C18H18O3/c1-12-5-3-4-6-16(12)18(19)14-7-8-17(13(2)9-14)21-11-15-10-20-15/h3-9,15H,10-11H2,1-2H3. The number of ether oxygens (including phenoxy) is 2. The van der Waals surface area contributed by atoms with Crippen molar-refractivity contribution in [2.24, 2.45) is 0 Å². The topological polar surface area (TPSA) is 38.8 Å². The molecule has 0 bridgehead atoms. The van der Waals surface area contributed by atoms with E-state index < -0.39 is 0 Å². The normalized spacial score (nSPS) is 16.6. The second-order valence-electron chi connectivity index (χ2n) is 5.39. The summed E-state index contributed by atoms with van der Waals surface area (Å²) in [6.45, 7) is 5.26. The fraction of sp³-hybridized carbons (Fsp3) is 0.278. The molecule has 1 atom stereocenters. The van der Waals surface area contributed by atoms with E-state index in [1.165, 1.54) is 0 Å². The zero-order valence-electron chi connectivity index (χ0n) is 12.3. The minimum atomic E-state index is 0.0493. The Morgan fingerprint density at radius 3 is 2.62 bits per heavy atom. The number of carbonyl (C=O) groups excluding carboxylic acids is 1. The number of hydrogen-bond donors (Lipinski definition) is 0. The van der Waals surface area contributed by atoms with E-state index in [-0.39, 0.29) is 11.9 Å². The molecule has 1 aliphatic heterocycles. The van der Waals surface area contributed by atoms with Crippen LogP contribution in [0.3, 0.4) is 0 Å². The third kappa shape index (κ3) is 3.14. The Hall–Kier alpha value is -2.13. The van der Waals surface area contributed by atoms with Crippen molar-refractivity contribution in [3.05, 3.63) is 64.7 Å². The molecule has 1 saturated heterocycles. The first kappa shape index (κ1) is 13.8. The molecule has 1 aliphatic rings. The van der Waals surface area contributed by atoms with Crippen LogP contribution < -0.4 is 4.74 Å². The third-order valence-corrected chi connectivity index (χ3v) is 3.65. The van der Waals surface area contributed by atoms with Gasteiger partial charge in [0.2, 0.25) is 0 Å². The Morgan fingerprint density at radius 1 is 1.19 bits per heavy atom. The molecule has 21 heavy (non-hydrogen) atoms. The van der Waals surface area contributed by atoms with Crippen molar-refractivity contribution in [3.63, 3.8) is 0 Å². The van der Waals surface area contributed by atoms with E-state index in [9.17, 15) is 4.79 Å². The van der Waals surface area contributed by atoms with Crippen molar-refractivity contribution in [1.29, 1.82) is 0 Å². The highest BCUT2D eigenvalue weighted by Gasteiger charge is 2.23. The summed E-state index contributed by atoms with van der Waals surface area (Å²) in [6.07, 6.45) is 0.234. The van der Waals surface area contributed by atoms with Crippen molar-refractivity contribution < 1.29 is 14.3 Å². The van der Waals surface area contributed by atoms with E-state index >= 15 is 0 Å². The Balaban J connectivity index is 1.80. The van der Waals surface area contributed by atoms with Gasteiger partial charge < -0.3 is 9.47 Å². The fourth-order valence-corrected chi connectivity index (χ4v) is 2.28. The van der Waals surface area contributed by atoms with Crippen molar-refractivity contribution >= 4 is 5.78 Å². The Kier molecular flexibility index (Phi) is 3.76. The minimum absolute atomic E-state index is 0.0493. The Labute approximate surface area is 124 Å². The number of aryl methyl sites for hydroxylation is 2. The van der Waals surface area contributed by atoms with Crippen LogP contribution in [-0.4, -0.2) is 25.1 Å². The summed E-state index contributed by atoms with van der Waals surface area (Å²) >= 11 is 0. The van der Waals surface area contributed by atoms with Crippen LogP contribution in [0, 0.1) is 13.8 Å². The lowest BCUT2D eigenvalue weighted by molar-refractivity contribution is 0.103. The molecule has 0 aromatic heterocycles. The molecule has 0 aliphatic carbocycles. The lowest BCUT2D eigenvalue weighted by atomic mass is 9.98. The van der Waals surface area contributed by atoms with Gasteiger partial charge in [-0.3, -0.25) is 4.79 Å². The summed E-state index contributed by atoms with van der Waals surface area (Å²) in [5.74, 6) is 0.861. The Morgan fingerprint density at radius 2 is 1.95 bits per heavy atom. The average molecular weight is 282 g/mol. The molecule has 0 N–H and O–H groups in total. The van der Waals surface area contributed by atoms with Crippen LogP contribution in [0.15, 0.2) is 42.5 Å². The molecular formula is C18H18O3. The van der Waals surface area contributed by atoms with Gasteiger partial charge in [0.1, 0.15) is 18.5 Å². The third-order valence-electron chi connectivity index (χ3n) is 3.65. The average Bonchev–Trinajstić information content (AvgIpc) is 3.30. The molecule has 3 nitrogen and oxygen atoms in total. The van der Waals surface area contributed by atoms with Gasteiger partial charge in [0.05, 0.1) is 6.61 Å². The molecule has 1 unspecified atom stereocenters. The zero-order chi connectivity index (χ0) is 14.8. The quantitative estimate of drug-likeness (QED) is 0.624. The molecule has 3 heteroatoms. The lowest BCUT2D eigenvalue weighted by Gasteiger charge is -2.10. The van der Waals surface area contributed by atoms with E-state index in [1.807, 2.05) is 56.3 Å². The predicted molar refractivity (Wildman–Crippen MR) is 81.0 cm³/mol. The summed E-state index contributed by atoms with van der Waals surface area (Å²) in [6, 6.07) is 13.2. The van der Waals surface area contributed by atoms with Crippen molar-refractivity contribution in [2.75, 3.05) is 13.2 Å². The molecule has 2 aromatic carbocycles. The first-order valence-corrected chi connectivity index (χ1v) is 7.10. The molecular weight excluding hydrogens is 264 g/mol. The highest BCUT2D eigenvalue weighted by Crippen LogP contribution is 2.23. The second-order valence-corrected chi connectivity index (χ2v) is 5.39. The van der Waals surface area contributed by atoms with Gasteiger partial charge in [-0.05, 0) is 43.2 Å². The maximum atomic E-state index is 12.5. The summed E-state index contributed by atoms with van der Waals surface area (Å²) < 4.78 is 10.8. The lowest BCUT2D eigenvalue weighted by Crippen LogP contribution is -2.07. The number of hydrogen-bond acceptors (Lipinski definition) is 3. The van der Waals surface area contributed by atoms with Crippen molar-refractivity contribution in [2.45, 2.75) is 20.0 Å². The Bertz CT molecular complexity index is 672. The van der Waals surface area contributed by atoms with E-state index in [0.717, 1.165) is 29.0 Å². The van der Waals surface area contributed by atoms with Gasteiger partial charge in [-0.1, -0.05) is 24.3 Å². The maximum absolute atomic E-state index is 12.5. The van der Waals surface area contributed by atoms with Crippen LogP contribution in [-0.2, 0) is 4.74 Å². The van der Waals surface area contributed by atoms with Crippen LogP contribution in [0.1, 0.15) is 27.0 Å². The van der Waals surface area contributed by atoms with Crippen LogP contribution in [0.25, 0.3) is 0 Å². The van der Waals surface area contributed by atoms with E-state index in [2.05, 4.69) is 0 Å². The largest absolute Gasteiger partial charge is 0.491 e. The molecule has 1 fully saturated rings. The van der Waals surface area contributed by atoms with Gasteiger partial charge in [-0.2, -0.15) is 0 Å². The SMILES string of the molecule is Cc1cc(C(=O)c2ccccc2C)ccc1OCC1CO1. The van der Waals surface area contributed by atoms with Crippen molar-refractivity contribution in [1.82, 2.24) is 0 Å². The van der Waals surface area contributed by atoms with Gasteiger partial charge in [-0.15, -0.1) is 0 Å². The molecule has 108 valence electrons. The molecule has 0 amide bonds. The number of benzene rings is 2. The smallest absolute Gasteiger partial charge is 0.193 e. The molecule has 3 rings (SSSR count). The predicted octanol–water partition coefficient (Wildman–Crippen LogP) is 3.31. The summed E-state index contributed by atoms with van der Waals surface area (Å²) in [7, 11) is 0. The van der Waals surface area contributed by atoms with E-state index in [4.69, 9.17) is 9.47 Å². The van der Waals surface area contributed by atoms with Crippen LogP contribution in [0.5, 0.6) is 5.75 Å². The molecule has 0 spiro atoms. The highest BCUT2D eigenvalue weighted by atomic mass is 16.6. The van der Waals surface area contributed by atoms with Gasteiger partial charge in [0.15, 0.2) is 5.78 Å². The van der Waals surface area contributed by atoms with Gasteiger partial charge in [-0.25, -0.2) is 0 Å². The summed E-state index contributed by atoms with van der Waals surface area (Å²) in [5.41, 5.74) is 3.40. The van der Waals surface area contributed by atoms with Crippen LogP contribution in [0.2, 0.25) is 0 Å². The summed E-state index contributed by atoms with van der Waals surface area (Å²) in [4.78, 5) is 12.5. The van der Waals surface area contributed by atoms with Crippen molar-refractivity contribution in [3.8, 4) is 5.75 Å². The fourth-order valence-electron chi connectivity index (χ4n) is 2.28. The minimum Gasteiger partial charge on any atom is -0.491 e. The van der Waals surface area contributed by atoms with E-state index in [1.54, 1.807) is 0 Å². The first-order chi connectivity index (χ1) is 10.1. The van der Waals surface area contributed by atoms with Crippen LogP contribution in [0.4, 0.5) is 0 Å². The number of ketones is 1. The summed E-state index contributed by atoms with van der Waals surface area (Å²) in [5, 5.41) is 0. The number of epoxide rings is 1. The number of rotatable bonds is 5. The first-order valence-electron chi connectivity index (χ1n) is 7.10. The monoisotopic (exact) mass is 282 g/mol. The molecule has 0 radical (unpaired) electrons. The molecule has 0 saturated carbocycles. The number of carbonyl (C=O) groups is 1. The van der Waals surface area contributed by atoms with Crippen LogP contribution >= 0.6 is 0 Å². The molecule has 1 heterocycles. The van der Waals surface area contributed by atoms with Gasteiger partial charge in [0, 0.05) is 11.1 Å². The van der Waals surface area contributed by atoms with Gasteiger partial charge in [0.25, 0.3) is 0 Å². The second kappa shape index (κ2) is 5.70. The van der Waals surface area contributed by atoms with E-state index in [0.29, 0.717) is 12.2 Å². The molecule has 2 aromatic rings. The zero-order valence-corrected chi connectivity index (χ0v) is 12.3. The highest BCUT2D eigenvalue weighted by molar-refractivity contribution is 6.10.